The van der Waals surface area contributed by atoms with Crippen LogP contribution in [-0.2, 0) is 4.79 Å². The first-order valence-corrected chi connectivity index (χ1v) is 5.06. The molecule has 0 bridgehead atoms. The molecule has 0 spiro atoms. The van der Waals surface area contributed by atoms with Gasteiger partial charge in [0, 0.05) is 25.2 Å². The molecule has 1 saturated heterocycles. The van der Waals surface area contributed by atoms with E-state index in [0.29, 0.717) is 6.54 Å². The Hall–Kier alpha value is -1.00. The number of allylic oxidation sites excluding steroid dienone is 1. The summed E-state index contributed by atoms with van der Waals surface area (Å²) in [5.41, 5.74) is -0.986. The van der Waals surface area contributed by atoms with Gasteiger partial charge in [0.15, 0.2) is 5.78 Å². The zero-order valence-electron chi connectivity index (χ0n) is 8.18. The Labute approximate surface area is 85.7 Å². The van der Waals surface area contributed by atoms with Crippen molar-refractivity contribution in [3.05, 3.63) is 11.8 Å². The molecule has 5 heteroatoms. The van der Waals surface area contributed by atoms with Crippen LogP contribution in [0, 0.1) is 0 Å². The van der Waals surface area contributed by atoms with E-state index in [1.165, 1.54) is 0 Å². The lowest BCUT2D eigenvalue weighted by Gasteiger charge is -2.38. The van der Waals surface area contributed by atoms with Crippen molar-refractivity contribution in [3.63, 3.8) is 0 Å². The van der Waals surface area contributed by atoms with E-state index in [-0.39, 0.29) is 12.5 Å². The van der Waals surface area contributed by atoms with Crippen LogP contribution in [0.2, 0.25) is 0 Å². The molecule has 15 heavy (non-hydrogen) atoms. The minimum atomic E-state index is -4.50. The lowest BCUT2D eigenvalue weighted by molar-refractivity contribution is -0.132. The van der Waals surface area contributed by atoms with Gasteiger partial charge in [0.1, 0.15) is 5.57 Å². The molecule has 0 aromatic carbocycles. The largest absolute Gasteiger partial charge is 0.421 e. The average Bonchev–Trinajstić information content (AvgIpc) is 2.15. The molecule has 2 heterocycles. The normalized spacial score (nSPS) is 27.4. The molecule has 0 aromatic rings. The Bertz CT molecular complexity index is 308. The van der Waals surface area contributed by atoms with Gasteiger partial charge >= 0.3 is 6.18 Å². The molecular formula is C10H12F3NO. The Kier molecular flexibility index (Phi) is 2.48. The maximum absolute atomic E-state index is 12.4. The van der Waals surface area contributed by atoms with Crippen LogP contribution in [0.5, 0.6) is 0 Å². The number of Topliss-reactive ketones (excluding diaryl/α,β-unsaturated/α-hetero) is 1. The van der Waals surface area contributed by atoms with Crippen molar-refractivity contribution < 1.29 is 18.0 Å². The average molecular weight is 219 g/mol. The fraction of sp³-hybridized carbons (Fsp3) is 0.700. The van der Waals surface area contributed by atoms with E-state index in [2.05, 4.69) is 0 Å². The topological polar surface area (TPSA) is 20.3 Å². The predicted octanol–water partition coefficient (Wildman–Crippen LogP) is 2.26. The smallest absolute Gasteiger partial charge is 0.373 e. The Morgan fingerprint density at radius 3 is 2.73 bits per heavy atom. The summed E-state index contributed by atoms with van der Waals surface area (Å²) >= 11 is 0. The van der Waals surface area contributed by atoms with Gasteiger partial charge < -0.3 is 4.90 Å². The number of piperidine rings is 1. The van der Waals surface area contributed by atoms with Gasteiger partial charge in [-0.15, -0.1) is 0 Å². The van der Waals surface area contributed by atoms with Crippen LogP contribution in [0.4, 0.5) is 13.2 Å². The van der Waals surface area contributed by atoms with E-state index in [4.69, 9.17) is 0 Å². The fourth-order valence-electron chi connectivity index (χ4n) is 2.21. The van der Waals surface area contributed by atoms with Gasteiger partial charge in [-0.2, -0.15) is 13.2 Å². The fourth-order valence-corrected chi connectivity index (χ4v) is 2.21. The van der Waals surface area contributed by atoms with E-state index in [0.717, 1.165) is 25.5 Å². The summed E-state index contributed by atoms with van der Waals surface area (Å²) in [5, 5.41) is 0. The highest BCUT2D eigenvalue weighted by molar-refractivity contribution is 5.97. The van der Waals surface area contributed by atoms with Gasteiger partial charge in [-0.25, -0.2) is 0 Å². The van der Waals surface area contributed by atoms with E-state index < -0.39 is 17.5 Å². The molecule has 1 atom stereocenters. The van der Waals surface area contributed by atoms with Crippen LogP contribution in [0.1, 0.15) is 25.7 Å². The third-order valence-electron chi connectivity index (χ3n) is 2.99. The first-order valence-electron chi connectivity index (χ1n) is 5.06. The molecule has 84 valence electrons. The van der Waals surface area contributed by atoms with Crippen molar-refractivity contribution in [2.45, 2.75) is 37.9 Å². The van der Waals surface area contributed by atoms with E-state index in [9.17, 15) is 18.0 Å². The van der Waals surface area contributed by atoms with Crippen LogP contribution in [0.15, 0.2) is 11.8 Å². The molecule has 0 amide bonds. The molecule has 2 aliphatic rings. The molecule has 0 radical (unpaired) electrons. The second-order valence-electron chi connectivity index (χ2n) is 4.06. The number of fused-ring (bicyclic) bond motifs is 1. The molecule has 2 nitrogen and oxygen atoms in total. The number of halogens is 3. The van der Waals surface area contributed by atoms with Gasteiger partial charge in [-0.05, 0) is 19.3 Å². The van der Waals surface area contributed by atoms with Crippen molar-refractivity contribution >= 4 is 5.78 Å². The Morgan fingerprint density at radius 1 is 1.33 bits per heavy atom. The second-order valence-corrected chi connectivity index (χ2v) is 4.06. The quantitative estimate of drug-likeness (QED) is 0.622. The summed E-state index contributed by atoms with van der Waals surface area (Å²) in [6, 6.07) is -0.00245. The van der Waals surface area contributed by atoms with Gasteiger partial charge in [0.2, 0.25) is 0 Å². The van der Waals surface area contributed by atoms with Crippen LogP contribution < -0.4 is 0 Å². The number of hydrogen-bond acceptors (Lipinski definition) is 2. The number of carbonyl (C=O) groups excluding carboxylic acids is 1. The maximum atomic E-state index is 12.4. The monoisotopic (exact) mass is 219 g/mol. The highest BCUT2D eigenvalue weighted by atomic mass is 19.4. The van der Waals surface area contributed by atoms with E-state index in [1.54, 1.807) is 4.90 Å². The highest BCUT2D eigenvalue weighted by Crippen LogP contribution is 2.34. The van der Waals surface area contributed by atoms with Crippen LogP contribution in [-0.4, -0.2) is 29.4 Å². The Morgan fingerprint density at radius 2 is 2.07 bits per heavy atom. The number of rotatable bonds is 0. The summed E-state index contributed by atoms with van der Waals surface area (Å²) in [6.45, 7) is 0.636. The molecule has 0 aromatic heterocycles. The minimum Gasteiger partial charge on any atom is -0.373 e. The summed E-state index contributed by atoms with van der Waals surface area (Å²) in [7, 11) is 0. The van der Waals surface area contributed by atoms with Gasteiger partial charge in [-0.3, -0.25) is 4.79 Å². The molecule has 0 aliphatic carbocycles. The molecule has 0 saturated carbocycles. The number of carbonyl (C=O) groups is 1. The first-order chi connectivity index (χ1) is 6.98. The SMILES string of the molecule is O=C1CC2CCCCN2C=C1C(F)(F)F. The standard InChI is InChI=1S/C10H12F3NO/c11-10(12,13)8-6-14-4-2-1-3-7(14)5-9(8)15/h6-7H,1-5H2. The zero-order valence-corrected chi connectivity index (χ0v) is 8.18. The summed E-state index contributed by atoms with van der Waals surface area (Å²) in [5.74, 6) is -0.759. The van der Waals surface area contributed by atoms with Crippen LogP contribution in [0.3, 0.4) is 0 Å². The number of ketones is 1. The number of nitrogens with zero attached hydrogens (tertiary/aromatic N) is 1. The van der Waals surface area contributed by atoms with Crippen molar-refractivity contribution in [2.75, 3.05) is 6.54 Å². The molecule has 2 aliphatic heterocycles. The predicted molar refractivity (Wildman–Crippen MR) is 48.1 cm³/mol. The number of hydrogen-bond donors (Lipinski definition) is 0. The maximum Gasteiger partial charge on any atom is 0.421 e. The summed E-state index contributed by atoms with van der Waals surface area (Å²) in [6.07, 6.45) is -0.732. The van der Waals surface area contributed by atoms with E-state index in [1.807, 2.05) is 0 Å². The highest BCUT2D eigenvalue weighted by Gasteiger charge is 2.43. The van der Waals surface area contributed by atoms with Crippen molar-refractivity contribution in [1.29, 1.82) is 0 Å². The van der Waals surface area contributed by atoms with Gasteiger partial charge in [0.05, 0.1) is 0 Å². The zero-order chi connectivity index (χ0) is 11.1. The van der Waals surface area contributed by atoms with E-state index >= 15 is 0 Å². The third kappa shape index (κ3) is 2.01. The first kappa shape index (κ1) is 10.5. The molecule has 0 N–H and O–H groups in total. The number of alkyl halides is 3. The van der Waals surface area contributed by atoms with Gasteiger partial charge in [0.25, 0.3) is 0 Å². The summed E-state index contributed by atoms with van der Waals surface area (Å²) in [4.78, 5) is 13.0. The molecule has 1 unspecified atom stereocenters. The third-order valence-corrected chi connectivity index (χ3v) is 2.99. The Balaban J connectivity index is 2.25. The van der Waals surface area contributed by atoms with Crippen LogP contribution in [0.25, 0.3) is 0 Å². The minimum absolute atomic E-state index is 0.00245. The second kappa shape index (κ2) is 3.54. The van der Waals surface area contributed by atoms with Crippen molar-refractivity contribution in [3.8, 4) is 0 Å². The van der Waals surface area contributed by atoms with Crippen LogP contribution >= 0.6 is 0 Å². The molecular weight excluding hydrogens is 207 g/mol. The molecule has 1 fully saturated rings. The lowest BCUT2D eigenvalue weighted by Crippen LogP contribution is -2.43. The lowest BCUT2D eigenvalue weighted by atomic mass is 9.91. The summed E-state index contributed by atoms with van der Waals surface area (Å²) < 4.78 is 37.3. The van der Waals surface area contributed by atoms with Gasteiger partial charge in [-0.1, -0.05) is 0 Å². The molecule has 2 rings (SSSR count). The van der Waals surface area contributed by atoms with Crippen molar-refractivity contribution in [1.82, 2.24) is 4.90 Å². The van der Waals surface area contributed by atoms with Crippen molar-refractivity contribution in [2.24, 2.45) is 0 Å².